The summed E-state index contributed by atoms with van der Waals surface area (Å²) in [5.74, 6) is 0. The van der Waals surface area contributed by atoms with E-state index in [0.717, 1.165) is 38.0 Å². The average Bonchev–Trinajstić information content (AvgIpc) is 2.60. The molecule has 0 saturated carbocycles. The van der Waals surface area contributed by atoms with Crippen LogP contribution >= 0.6 is 31.9 Å². The van der Waals surface area contributed by atoms with Gasteiger partial charge in [0, 0.05) is 25.9 Å². The van der Waals surface area contributed by atoms with Gasteiger partial charge in [-0.2, -0.15) is 0 Å². The van der Waals surface area contributed by atoms with Crippen molar-refractivity contribution in [1.29, 1.82) is 0 Å². The maximum absolute atomic E-state index is 11.4. The lowest BCUT2D eigenvalue weighted by Crippen LogP contribution is -2.01. The molecule has 0 saturated heterocycles. The molecule has 0 aromatic heterocycles. The minimum atomic E-state index is 0.597. The Balaban J connectivity index is 1.95. The van der Waals surface area contributed by atoms with E-state index >= 15 is 0 Å². The van der Waals surface area contributed by atoms with E-state index in [9.17, 15) is 4.79 Å². The number of halogens is 2. The first-order valence-corrected chi connectivity index (χ1v) is 8.88. The molecule has 0 unspecified atom stereocenters. The van der Waals surface area contributed by atoms with E-state index in [0.29, 0.717) is 5.56 Å². The van der Waals surface area contributed by atoms with Crippen LogP contribution in [0.1, 0.15) is 10.4 Å². The first-order chi connectivity index (χ1) is 11.7. The summed E-state index contributed by atoms with van der Waals surface area (Å²) in [6, 6.07) is 21.3. The van der Waals surface area contributed by atoms with E-state index in [2.05, 4.69) is 42.5 Å². The van der Waals surface area contributed by atoms with Gasteiger partial charge in [-0.3, -0.25) is 4.79 Å². The molecular formula is C19H14Br2N2O. The SMILES string of the molecule is O=Cc1cccc(Nc2ccc(Br)cc2)c1Nc1ccc(Br)cc1. The first kappa shape index (κ1) is 16.7. The molecule has 3 aromatic carbocycles. The zero-order chi connectivity index (χ0) is 16.9. The molecule has 120 valence electrons. The highest BCUT2D eigenvalue weighted by Crippen LogP contribution is 2.31. The van der Waals surface area contributed by atoms with E-state index in [4.69, 9.17) is 0 Å². The molecule has 0 amide bonds. The van der Waals surface area contributed by atoms with Gasteiger partial charge in [-0.1, -0.05) is 37.9 Å². The highest BCUT2D eigenvalue weighted by Gasteiger charge is 2.09. The van der Waals surface area contributed by atoms with Crippen molar-refractivity contribution < 1.29 is 4.79 Å². The number of benzene rings is 3. The Labute approximate surface area is 157 Å². The lowest BCUT2D eigenvalue weighted by molar-refractivity contribution is 0.112. The van der Waals surface area contributed by atoms with Crippen molar-refractivity contribution in [2.75, 3.05) is 10.6 Å². The summed E-state index contributed by atoms with van der Waals surface area (Å²) in [6.07, 6.45) is 0.855. The Kier molecular flexibility index (Phi) is 5.33. The summed E-state index contributed by atoms with van der Waals surface area (Å²) < 4.78 is 2.02. The molecule has 3 rings (SSSR count). The predicted octanol–water partition coefficient (Wildman–Crippen LogP) is 6.51. The smallest absolute Gasteiger partial charge is 0.152 e. The normalized spacial score (nSPS) is 10.2. The van der Waals surface area contributed by atoms with Gasteiger partial charge in [0.1, 0.15) is 0 Å². The van der Waals surface area contributed by atoms with Crippen LogP contribution in [0.5, 0.6) is 0 Å². The fourth-order valence-electron chi connectivity index (χ4n) is 2.28. The van der Waals surface area contributed by atoms with Gasteiger partial charge in [0.05, 0.1) is 11.4 Å². The summed E-state index contributed by atoms with van der Waals surface area (Å²) >= 11 is 6.85. The average molecular weight is 446 g/mol. The van der Waals surface area contributed by atoms with E-state index in [-0.39, 0.29) is 0 Å². The molecule has 0 aliphatic carbocycles. The van der Waals surface area contributed by atoms with Gasteiger partial charge in [-0.25, -0.2) is 0 Å². The van der Waals surface area contributed by atoms with Crippen molar-refractivity contribution in [3.63, 3.8) is 0 Å². The van der Waals surface area contributed by atoms with Crippen LogP contribution in [0.2, 0.25) is 0 Å². The number of hydrogen-bond acceptors (Lipinski definition) is 3. The van der Waals surface area contributed by atoms with Gasteiger partial charge in [0.15, 0.2) is 6.29 Å². The third kappa shape index (κ3) is 4.04. The molecule has 0 atom stereocenters. The molecule has 0 radical (unpaired) electrons. The van der Waals surface area contributed by atoms with Crippen LogP contribution in [0.3, 0.4) is 0 Å². The minimum absolute atomic E-state index is 0.597. The molecule has 0 fully saturated rings. The van der Waals surface area contributed by atoms with E-state index in [1.807, 2.05) is 60.7 Å². The van der Waals surface area contributed by atoms with Gasteiger partial charge < -0.3 is 10.6 Å². The van der Waals surface area contributed by atoms with Crippen molar-refractivity contribution in [1.82, 2.24) is 0 Å². The second-order valence-corrected chi connectivity index (χ2v) is 6.98. The zero-order valence-corrected chi connectivity index (χ0v) is 15.8. The Hall–Kier alpha value is -2.11. The largest absolute Gasteiger partial charge is 0.354 e. The molecule has 0 aliphatic heterocycles. The van der Waals surface area contributed by atoms with E-state index in [1.54, 1.807) is 6.07 Å². The molecule has 2 N–H and O–H groups in total. The number of carbonyl (C=O) groups is 1. The molecule has 0 aliphatic rings. The van der Waals surface area contributed by atoms with Crippen LogP contribution in [-0.4, -0.2) is 6.29 Å². The molecule has 5 heteroatoms. The fraction of sp³-hybridized carbons (Fsp3) is 0. The van der Waals surface area contributed by atoms with Crippen LogP contribution in [0.25, 0.3) is 0 Å². The number of carbonyl (C=O) groups excluding carboxylic acids is 1. The van der Waals surface area contributed by atoms with Crippen molar-refractivity contribution in [3.05, 3.63) is 81.2 Å². The van der Waals surface area contributed by atoms with Crippen molar-refractivity contribution >= 4 is 60.9 Å². The van der Waals surface area contributed by atoms with Crippen LogP contribution in [0.4, 0.5) is 22.7 Å². The highest BCUT2D eigenvalue weighted by atomic mass is 79.9. The third-order valence-electron chi connectivity index (χ3n) is 3.46. The topological polar surface area (TPSA) is 41.1 Å². The Morgan fingerprint density at radius 2 is 1.25 bits per heavy atom. The maximum atomic E-state index is 11.4. The summed E-state index contributed by atoms with van der Waals surface area (Å²) in [5, 5.41) is 6.68. The van der Waals surface area contributed by atoms with Crippen LogP contribution in [-0.2, 0) is 0 Å². The molecule has 3 aromatic rings. The lowest BCUT2D eigenvalue weighted by Gasteiger charge is -2.16. The van der Waals surface area contributed by atoms with Crippen molar-refractivity contribution in [2.45, 2.75) is 0 Å². The van der Waals surface area contributed by atoms with Crippen LogP contribution in [0.15, 0.2) is 75.7 Å². The second kappa shape index (κ2) is 7.64. The summed E-state index contributed by atoms with van der Waals surface area (Å²) in [5.41, 5.74) is 4.04. The summed E-state index contributed by atoms with van der Waals surface area (Å²) in [6.45, 7) is 0. The minimum Gasteiger partial charge on any atom is -0.354 e. The Bertz CT molecular complexity index is 846. The van der Waals surface area contributed by atoms with Gasteiger partial charge in [0.25, 0.3) is 0 Å². The zero-order valence-electron chi connectivity index (χ0n) is 12.6. The first-order valence-electron chi connectivity index (χ1n) is 7.29. The van der Waals surface area contributed by atoms with E-state index in [1.165, 1.54) is 0 Å². The van der Waals surface area contributed by atoms with Gasteiger partial charge >= 0.3 is 0 Å². The molecule has 3 nitrogen and oxygen atoms in total. The number of aldehydes is 1. The van der Waals surface area contributed by atoms with E-state index < -0.39 is 0 Å². The second-order valence-electron chi connectivity index (χ2n) is 5.15. The lowest BCUT2D eigenvalue weighted by atomic mass is 10.1. The monoisotopic (exact) mass is 444 g/mol. The van der Waals surface area contributed by atoms with Crippen molar-refractivity contribution in [3.8, 4) is 0 Å². The molecule has 0 bridgehead atoms. The maximum Gasteiger partial charge on any atom is 0.152 e. The molecular weight excluding hydrogens is 432 g/mol. The summed E-state index contributed by atoms with van der Waals surface area (Å²) in [7, 11) is 0. The summed E-state index contributed by atoms with van der Waals surface area (Å²) in [4.78, 5) is 11.4. The van der Waals surface area contributed by atoms with Gasteiger partial charge in [-0.15, -0.1) is 0 Å². The van der Waals surface area contributed by atoms with Gasteiger partial charge in [-0.05, 0) is 60.7 Å². The van der Waals surface area contributed by atoms with Crippen LogP contribution < -0.4 is 10.6 Å². The quantitative estimate of drug-likeness (QED) is 0.439. The van der Waals surface area contributed by atoms with Crippen LogP contribution in [0, 0.1) is 0 Å². The highest BCUT2D eigenvalue weighted by molar-refractivity contribution is 9.10. The number of rotatable bonds is 5. The number of hydrogen-bond donors (Lipinski definition) is 2. The van der Waals surface area contributed by atoms with Crippen molar-refractivity contribution in [2.24, 2.45) is 0 Å². The Morgan fingerprint density at radius 1 is 0.708 bits per heavy atom. The fourth-order valence-corrected chi connectivity index (χ4v) is 2.81. The Morgan fingerprint density at radius 3 is 1.79 bits per heavy atom. The number of para-hydroxylation sites is 1. The third-order valence-corrected chi connectivity index (χ3v) is 4.52. The molecule has 24 heavy (non-hydrogen) atoms. The number of anilines is 4. The molecule has 0 heterocycles. The number of nitrogens with one attached hydrogen (secondary N) is 2. The molecule has 0 spiro atoms. The standard InChI is InChI=1S/C19H14Br2N2O/c20-14-4-8-16(9-5-14)22-18-3-1-2-13(12-24)19(18)23-17-10-6-15(21)7-11-17/h1-12,22-23H. The predicted molar refractivity (Wildman–Crippen MR) is 107 cm³/mol. The van der Waals surface area contributed by atoms with Gasteiger partial charge in [0.2, 0.25) is 0 Å².